The quantitative estimate of drug-likeness (QED) is 0.714. The van der Waals surface area contributed by atoms with Crippen LogP contribution in [0.15, 0.2) is 30.5 Å². The molecule has 1 aliphatic rings. The number of carboxylic acid groups (broad SMARTS) is 1. The van der Waals surface area contributed by atoms with Crippen LogP contribution in [-0.2, 0) is 11.2 Å². The van der Waals surface area contributed by atoms with E-state index in [4.69, 9.17) is 14.6 Å². The highest BCUT2D eigenvalue weighted by molar-refractivity contribution is 5.70. The Morgan fingerprint density at radius 1 is 1.21 bits per heavy atom. The summed E-state index contributed by atoms with van der Waals surface area (Å²) >= 11 is 0. The number of carbonyl (C=O) groups is 1. The van der Waals surface area contributed by atoms with Crippen LogP contribution in [0.1, 0.15) is 18.4 Å². The van der Waals surface area contributed by atoms with Crippen LogP contribution in [0, 0.1) is 5.92 Å². The van der Waals surface area contributed by atoms with Gasteiger partial charge in [0.2, 0.25) is 5.95 Å². The first-order chi connectivity index (χ1) is 13.6. The molecule has 150 valence electrons. The molecule has 2 aromatic rings. The summed E-state index contributed by atoms with van der Waals surface area (Å²) in [5, 5.41) is 12.4. The van der Waals surface area contributed by atoms with Crippen molar-refractivity contribution in [2.45, 2.75) is 19.3 Å². The predicted octanol–water partition coefficient (Wildman–Crippen LogP) is 2.45. The zero-order valence-corrected chi connectivity index (χ0v) is 16.2. The Morgan fingerprint density at radius 3 is 2.64 bits per heavy atom. The van der Waals surface area contributed by atoms with Gasteiger partial charge in [0, 0.05) is 25.8 Å². The van der Waals surface area contributed by atoms with Crippen LogP contribution < -0.4 is 19.7 Å². The van der Waals surface area contributed by atoms with Crippen molar-refractivity contribution in [1.29, 1.82) is 0 Å². The molecule has 8 heteroatoms. The second-order valence-electron chi connectivity index (χ2n) is 6.70. The lowest BCUT2D eigenvalue weighted by molar-refractivity contribution is -0.142. The minimum atomic E-state index is -0.708. The van der Waals surface area contributed by atoms with E-state index in [1.165, 1.54) is 0 Å². The number of methoxy groups -OCH3 is 2. The topological polar surface area (TPSA) is 96.8 Å². The van der Waals surface area contributed by atoms with E-state index in [1.54, 1.807) is 20.4 Å². The van der Waals surface area contributed by atoms with E-state index in [1.807, 2.05) is 24.3 Å². The fourth-order valence-electron chi connectivity index (χ4n) is 3.32. The van der Waals surface area contributed by atoms with Crippen molar-refractivity contribution in [1.82, 2.24) is 9.97 Å². The normalized spacial score (nSPS) is 14.6. The summed E-state index contributed by atoms with van der Waals surface area (Å²) in [4.78, 5) is 22.1. The van der Waals surface area contributed by atoms with Crippen LogP contribution in [0.2, 0.25) is 0 Å². The summed E-state index contributed by atoms with van der Waals surface area (Å²) in [6, 6.07) is 7.73. The molecule has 0 bridgehead atoms. The van der Waals surface area contributed by atoms with Gasteiger partial charge in [0.05, 0.1) is 20.1 Å². The predicted molar refractivity (Wildman–Crippen MR) is 106 cm³/mol. The fourth-order valence-corrected chi connectivity index (χ4v) is 3.32. The van der Waals surface area contributed by atoms with Gasteiger partial charge < -0.3 is 24.8 Å². The van der Waals surface area contributed by atoms with Crippen molar-refractivity contribution in [3.05, 3.63) is 36.0 Å². The van der Waals surface area contributed by atoms with Crippen molar-refractivity contribution >= 4 is 17.7 Å². The molecule has 2 heterocycles. The van der Waals surface area contributed by atoms with Gasteiger partial charge in [-0.05, 0) is 43.0 Å². The van der Waals surface area contributed by atoms with Gasteiger partial charge in [0.25, 0.3) is 0 Å². The molecule has 0 radical (unpaired) electrons. The standard InChI is InChI=1S/C20H26N4O4/c1-27-16-4-3-14(13-17(16)28-2)5-9-21-20-22-10-6-18(23-20)24-11-7-15(8-12-24)19(25)26/h3-4,6,10,13,15H,5,7-9,11-12H2,1-2H3,(H,25,26)(H,21,22,23). The zero-order valence-electron chi connectivity index (χ0n) is 16.2. The van der Waals surface area contributed by atoms with Gasteiger partial charge in [-0.3, -0.25) is 4.79 Å². The smallest absolute Gasteiger partial charge is 0.306 e. The molecule has 0 amide bonds. The number of carboxylic acids is 1. The number of ether oxygens (including phenoxy) is 2. The van der Waals surface area contributed by atoms with Crippen LogP contribution in [0.3, 0.4) is 0 Å². The molecule has 0 spiro atoms. The molecule has 1 fully saturated rings. The zero-order chi connectivity index (χ0) is 19.9. The van der Waals surface area contributed by atoms with Gasteiger partial charge in [0.15, 0.2) is 11.5 Å². The van der Waals surface area contributed by atoms with Gasteiger partial charge in [-0.1, -0.05) is 6.07 Å². The Morgan fingerprint density at radius 2 is 1.96 bits per heavy atom. The highest BCUT2D eigenvalue weighted by atomic mass is 16.5. The van der Waals surface area contributed by atoms with E-state index in [-0.39, 0.29) is 5.92 Å². The Balaban J connectivity index is 1.55. The summed E-state index contributed by atoms with van der Waals surface area (Å²) in [6.07, 6.45) is 3.80. The first-order valence-electron chi connectivity index (χ1n) is 9.36. The second kappa shape index (κ2) is 9.25. The molecular formula is C20H26N4O4. The largest absolute Gasteiger partial charge is 0.493 e. The van der Waals surface area contributed by atoms with Crippen molar-refractivity contribution in [3.63, 3.8) is 0 Å². The molecule has 2 N–H and O–H groups in total. The van der Waals surface area contributed by atoms with Crippen molar-refractivity contribution in [2.24, 2.45) is 5.92 Å². The third-order valence-electron chi connectivity index (χ3n) is 4.95. The molecule has 3 rings (SSSR count). The molecule has 1 saturated heterocycles. The van der Waals surface area contributed by atoms with Gasteiger partial charge in [-0.15, -0.1) is 0 Å². The summed E-state index contributed by atoms with van der Waals surface area (Å²) in [6.45, 7) is 2.07. The van der Waals surface area contributed by atoms with E-state index >= 15 is 0 Å². The number of benzene rings is 1. The summed E-state index contributed by atoms with van der Waals surface area (Å²) in [7, 11) is 3.24. The lowest BCUT2D eigenvalue weighted by Gasteiger charge is -2.31. The minimum Gasteiger partial charge on any atom is -0.493 e. The second-order valence-corrected chi connectivity index (χ2v) is 6.70. The molecule has 0 unspecified atom stereocenters. The van der Waals surface area contributed by atoms with E-state index < -0.39 is 5.97 Å². The van der Waals surface area contributed by atoms with Gasteiger partial charge in [-0.2, -0.15) is 4.98 Å². The van der Waals surface area contributed by atoms with Crippen LogP contribution in [-0.4, -0.2) is 54.9 Å². The number of rotatable bonds is 8. The lowest BCUT2D eigenvalue weighted by Crippen LogP contribution is -2.36. The first-order valence-corrected chi connectivity index (χ1v) is 9.36. The molecule has 1 aliphatic heterocycles. The van der Waals surface area contributed by atoms with E-state index in [2.05, 4.69) is 20.2 Å². The third-order valence-corrected chi connectivity index (χ3v) is 4.95. The maximum Gasteiger partial charge on any atom is 0.306 e. The molecular weight excluding hydrogens is 360 g/mol. The summed E-state index contributed by atoms with van der Waals surface area (Å²) in [5.74, 6) is 1.85. The maximum absolute atomic E-state index is 11.1. The highest BCUT2D eigenvalue weighted by Crippen LogP contribution is 2.27. The molecule has 0 saturated carbocycles. The Kier molecular flexibility index (Phi) is 6.52. The van der Waals surface area contributed by atoms with Crippen molar-refractivity contribution in [3.8, 4) is 11.5 Å². The number of hydrogen-bond donors (Lipinski definition) is 2. The number of piperidine rings is 1. The SMILES string of the molecule is COc1ccc(CCNc2nccc(N3CCC(C(=O)O)CC3)n2)cc1OC. The monoisotopic (exact) mass is 386 g/mol. The highest BCUT2D eigenvalue weighted by Gasteiger charge is 2.25. The molecule has 1 aromatic carbocycles. The van der Waals surface area contributed by atoms with Gasteiger partial charge in [0.1, 0.15) is 5.82 Å². The Bertz CT molecular complexity index is 807. The van der Waals surface area contributed by atoms with Gasteiger partial charge >= 0.3 is 5.97 Å². The van der Waals surface area contributed by atoms with Crippen LogP contribution >= 0.6 is 0 Å². The number of nitrogens with zero attached hydrogens (tertiary/aromatic N) is 3. The number of aliphatic carboxylic acids is 1. The molecule has 0 atom stereocenters. The summed E-state index contributed by atoms with van der Waals surface area (Å²) < 4.78 is 10.6. The Labute approximate surface area is 164 Å². The average Bonchev–Trinajstić information content (AvgIpc) is 2.74. The number of hydrogen-bond acceptors (Lipinski definition) is 7. The van der Waals surface area contributed by atoms with Crippen molar-refractivity contribution in [2.75, 3.05) is 44.1 Å². The lowest BCUT2D eigenvalue weighted by atomic mass is 9.97. The average molecular weight is 386 g/mol. The number of anilines is 2. The van der Waals surface area contributed by atoms with E-state index in [0.717, 1.165) is 17.8 Å². The van der Waals surface area contributed by atoms with Crippen LogP contribution in [0.5, 0.6) is 11.5 Å². The number of nitrogens with one attached hydrogen (secondary N) is 1. The van der Waals surface area contributed by atoms with Crippen molar-refractivity contribution < 1.29 is 19.4 Å². The molecule has 28 heavy (non-hydrogen) atoms. The van der Waals surface area contributed by atoms with Gasteiger partial charge in [-0.25, -0.2) is 4.98 Å². The maximum atomic E-state index is 11.1. The van der Waals surface area contributed by atoms with E-state index in [0.29, 0.717) is 49.9 Å². The minimum absolute atomic E-state index is 0.253. The number of aromatic nitrogens is 2. The van der Waals surface area contributed by atoms with Crippen LogP contribution in [0.25, 0.3) is 0 Å². The fraction of sp³-hybridized carbons (Fsp3) is 0.450. The summed E-state index contributed by atoms with van der Waals surface area (Å²) in [5.41, 5.74) is 1.12. The van der Waals surface area contributed by atoms with Crippen LogP contribution in [0.4, 0.5) is 11.8 Å². The first kappa shape index (κ1) is 19.7. The Hall–Kier alpha value is -3.03. The molecule has 8 nitrogen and oxygen atoms in total. The molecule has 0 aliphatic carbocycles. The van der Waals surface area contributed by atoms with E-state index in [9.17, 15) is 4.79 Å². The molecule has 1 aromatic heterocycles. The third kappa shape index (κ3) is 4.82.